The first-order chi connectivity index (χ1) is 11.5. The molecular formula is C14H21N9O. The van der Waals surface area contributed by atoms with Crippen molar-refractivity contribution in [3.8, 4) is 0 Å². The third-order valence-electron chi connectivity index (χ3n) is 3.87. The van der Waals surface area contributed by atoms with Gasteiger partial charge in [-0.15, -0.1) is 5.10 Å². The Balaban J connectivity index is 1.52. The summed E-state index contributed by atoms with van der Waals surface area (Å²) in [5, 5.41) is 9.19. The predicted molar refractivity (Wildman–Crippen MR) is 88.3 cm³/mol. The van der Waals surface area contributed by atoms with E-state index >= 15 is 0 Å². The second-order valence-electron chi connectivity index (χ2n) is 5.69. The number of H-pyrrole nitrogens is 1. The van der Waals surface area contributed by atoms with Gasteiger partial charge >= 0.3 is 6.03 Å². The topological polar surface area (TPSA) is 129 Å². The van der Waals surface area contributed by atoms with Crippen molar-refractivity contribution in [3.63, 3.8) is 0 Å². The van der Waals surface area contributed by atoms with E-state index in [2.05, 4.69) is 35.4 Å². The second-order valence-corrected chi connectivity index (χ2v) is 5.69. The molecule has 0 spiro atoms. The molecule has 0 saturated carbocycles. The molecule has 2 amide bonds. The summed E-state index contributed by atoms with van der Waals surface area (Å²) in [6.07, 6.45) is 1.76. The first-order valence-electron chi connectivity index (χ1n) is 7.77. The molecule has 2 aromatic rings. The van der Waals surface area contributed by atoms with Crippen molar-refractivity contribution < 1.29 is 4.79 Å². The summed E-state index contributed by atoms with van der Waals surface area (Å²) in [4.78, 5) is 29.0. The first-order valence-corrected chi connectivity index (χ1v) is 7.77. The summed E-state index contributed by atoms with van der Waals surface area (Å²) in [6, 6.07) is -0.128. The molecule has 10 heteroatoms. The molecule has 0 radical (unpaired) electrons. The van der Waals surface area contributed by atoms with E-state index in [0.29, 0.717) is 18.9 Å². The lowest BCUT2D eigenvalue weighted by Crippen LogP contribution is -2.52. The quantitative estimate of drug-likeness (QED) is 0.712. The van der Waals surface area contributed by atoms with Crippen LogP contribution in [-0.4, -0.2) is 62.3 Å². The normalized spacial score (nSPS) is 14.8. The fourth-order valence-electron chi connectivity index (χ4n) is 2.61. The van der Waals surface area contributed by atoms with E-state index in [1.54, 1.807) is 11.1 Å². The highest BCUT2D eigenvalue weighted by molar-refractivity contribution is 5.74. The molecule has 2 aromatic heterocycles. The maximum Gasteiger partial charge on any atom is 0.317 e. The number of amides is 2. The summed E-state index contributed by atoms with van der Waals surface area (Å²) in [7, 11) is 0. The number of carbonyl (C=O) groups excluding carboxylic acids is 1. The Morgan fingerprint density at radius 1 is 1.29 bits per heavy atom. The fourth-order valence-corrected chi connectivity index (χ4v) is 2.61. The van der Waals surface area contributed by atoms with E-state index in [-0.39, 0.29) is 18.5 Å². The number of aryl methyl sites for hydroxylation is 2. The van der Waals surface area contributed by atoms with Gasteiger partial charge < -0.3 is 20.9 Å². The molecule has 0 aliphatic carbocycles. The molecule has 3 rings (SSSR count). The predicted octanol–water partition coefficient (Wildman–Crippen LogP) is -0.174. The van der Waals surface area contributed by atoms with Crippen LogP contribution in [-0.2, 0) is 6.54 Å². The van der Waals surface area contributed by atoms with Crippen molar-refractivity contribution >= 4 is 17.8 Å². The molecule has 0 aromatic carbocycles. The minimum atomic E-state index is -0.128. The molecule has 1 saturated heterocycles. The van der Waals surface area contributed by atoms with E-state index in [1.807, 2.05) is 13.8 Å². The number of aromatic nitrogens is 5. The van der Waals surface area contributed by atoms with E-state index in [0.717, 1.165) is 30.3 Å². The third-order valence-corrected chi connectivity index (χ3v) is 3.87. The van der Waals surface area contributed by atoms with E-state index in [1.165, 1.54) is 0 Å². The Morgan fingerprint density at radius 3 is 2.71 bits per heavy atom. The van der Waals surface area contributed by atoms with Crippen LogP contribution in [0.25, 0.3) is 0 Å². The Kier molecular flexibility index (Phi) is 4.45. The van der Waals surface area contributed by atoms with Gasteiger partial charge in [-0.3, -0.25) is 10.1 Å². The number of nitrogens with zero attached hydrogens (tertiary/aromatic N) is 6. The lowest BCUT2D eigenvalue weighted by molar-refractivity contribution is 0.193. The minimum absolute atomic E-state index is 0.128. The Labute approximate surface area is 139 Å². The van der Waals surface area contributed by atoms with Crippen LogP contribution < -0.4 is 16.0 Å². The highest BCUT2D eigenvalue weighted by Gasteiger charge is 2.23. The van der Waals surface area contributed by atoms with Gasteiger partial charge in [-0.05, 0) is 13.8 Å². The number of urea groups is 1. The van der Waals surface area contributed by atoms with Gasteiger partial charge in [0.05, 0.1) is 17.9 Å². The summed E-state index contributed by atoms with van der Waals surface area (Å²) in [6.45, 7) is 6.84. The molecule has 24 heavy (non-hydrogen) atoms. The molecule has 0 atom stereocenters. The van der Waals surface area contributed by atoms with Crippen LogP contribution in [0.15, 0.2) is 6.20 Å². The monoisotopic (exact) mass is 331 g/mol. The number of piperazine rings is 1. The zero-order valence-corrected chi connectivity index (χ0v) is 13.8. The van der Waals surface area contributed by atoms with Gasteiger partial charge in [0.15, 0.2) is 0 Å². The van der Waals surface area contributed by atoms with Crippen LogP contribution in [0.2, 0.25) is 0 Å². The largest absolute Gasteiger partial charge is 0.367 e. The molecule has 10 nitrogen and oxygen atoms in total. The zero-order chi connectivity index (χ0) is 17.1. The third kappa shape index (κ3) is 3.53. The number of anilines is 2. The van der Waals surface area contributed by atoms with E-state index in [9.17, 15) is 4.79 Å². The van der Waals surface area contributed by atoms with Gasteiger partial charge in [0.2, 0.25) is 5.95 Å². The summed E-state index contributed by atoms with van der Waals surface area (Å²) >= 11 is 0. The molecule has 1 aliphatic heterocycles. The van der Waals surface area contributed by atoms with E-state index in [4.69, 9.17) is 5.73 Å². The number of nitrogens with two attached hydrogens (primary N) is 1. The maximum absolute atomic E-state index is 12.2. The van der Waals surface area contributed by atoms with Crippen molar-refractivity contribution in [2.24, 2.45) is 0 Å². The van der Waals surface area contributed by atoms with Gasteiger partial charge in [-0.1, -0.05) is 0 Å². The minimum Gasteiger partial charge on any atom is -0.367 e. The summed E-state index contributed by atoms with van der Waals surface area (Å²) < 4.78 is 0. The molecule has 4 N–H and O–H groups in total. The first kappa shape index (κ1) is 16.0. The maximum atomic E-state index is 12.2. The molecule has 3 heterocycles. The van der Waals surface area contributed by atoms with Crippen molar-refractivity contribution in [3.05, 3.63) is 23.4 Å². The molecule has 1 aliphatic rings. The number of rotatable bonds is 3. The Bertz CT molecular complexity index is 721. The van der Waals surface area contributed by atoms with Crippen LogP contribution in [0.4, 0.5) is 16.6 Å². The summed E-state index contributed by atoms with van der Waals surface area (Å²) in [5.74, 6) is 1.60. The second kappa shape index (κ2) is 6.69. The van der Waals surface area contributed by atoms with Gasteiger partial charge in [-0.25, -0.2) is 9.78 Å². The van der Waals surface area contributed by atoms with Gasteiger partial charge in [0.1, 0.15) is 11.6 Å². The van der Waals surface area contributed by atoms with E-state index < -0.39 is 0 Å². The van der Waals surface area contributed by atoms with Crippen LogP contribution in [0.3, 0.4) is 0 Å². The summed E-state index contributed by atoms with van der Waals surface area (Å²) in [5.41, 5.74) is 7.22. The number of aromatic amines is 1. The van der Waals surface area contributed by atoms with Crippen molar-refractivity contribution in [1.82, 2.24) is 35.4 Å². The highest BCUT2D eigenvalue weighted by atomic mass is 16.2. The average Bonchev–Trinajstić information content (AvgIpc) is 3.00. The number of carbonyl (C=O) groups is 1. The number of hydrogen-bond donors (Lipinski definition) is 3. The lowest BCUT2D eigenvalue weighted by Gasteiger charge is -2.35. The van der Waals surface area contributed by atoms with Crippen LogP contribution in [0, 0.1) is 13.8 Å². The van der Waals surface area contributed by atoms with Crippen LogP contribution >= 0.6 is 0 Å². The smallest absolute Gasteiger partial charge is 0.317 e. The molecule has 0 bridgehead atoms. The van der Waals surface area contributed by atoms with Crippen molar-refractivity contribution in [2.75, 3.05) is 36.8 Å². The molecule has 1 fully saturated rings. The van der Waals surface area contributed by atoms with Gasteiger partial charge in [0.25, 0.3) is 0 Å². The van der Waals surface area contributed by atoms with Crippen LogP contribution in [0.5, 0.6) is 0 Å². The lowest BCUT2D eigenvalue weighted by atomic mass is 10.3. The van der Waals surface area contributed by atoms with Gasteiger partial charge in [-0.2, -0.15) is 4.98 Å². The SMILES string of the molecule is Cc1cnc(C)c(N2CCN(C(=O)NCc3nc(N)n[nH]3)CC2)n1. The standard InChI is InChI=1S/C14H21N9O/c1-9-7-16-10(2)12(18-9)22-3-5-23(6-4-22)14(24)17-8-11-19-13(15)21-20-11/h7H,3-6,8H2,1-2H3,(H,17,24)(H3,15,19,20,21). The Hall–Kier alpha value is -2.91. The number of hydrogen-bond acceptors (Lipinski definition) is 7. The number of nitrogen functional groups attached to an aromatic ring is 1. The van der Waals surface area contributed by atoms with Gasteiger partial charge in [0, 0.05) is 32.4 Å². The fraction of sp³-hybridized carbons (Fsp3) is 0.500. The van der Waals surface area contributed by atoms with Crippen molar-refractivity contribution in [2.45, 2.75) is 20.4 Å². The Morgan fingerprint density at radius 2 is 2.04 bits per heavy atom. The molecule has 0 unspecified atom stereocenters. The zero-order valence-electron chi connectivity index (χ0n) is 13.8. The van der Waals surface area contributed by atoms with Crippen LogP contribution in [0.1, 0.15) is 17.2 Å². The molecule has 128 valence electrons. The molecular weight excluding hydrogens is 310 g/mol. The van der Waals surface area contributed by atoms with Crippen molar-refractivity contribution in [1.29, 1.82) is 0 Å². The average molecular weight is 331 g/mol. The highest BCUT2D eigenvalue weighted by Crippen LogP contribution is 2.17. The number of nitrogens with one attached hydrogen (secondary N) is 2.